The highest BCUT2D eigenvalue weighted by Gasteiger charge is 2.22. The zero-order valence-electron chi connectivity index (χ0n) is 11.7. The summed E-state index contributed by atoms with van der Waals surface area (Å²) in [5.41, 5.74) is -1.47. The molecule has 0 fully saturated rings. The number of rotatable bonds is 6. The zero-order valence-corrected chi connectivity index (χ0v) is 12.6. The van der Waals surface area contributed by atoms with Gasteiger partial charge in [0.2, 0.25) is 15.7 Å². The molecule has 0 saturated carbocycles. The van der Waals surface area contributed by atoms with Gasteiger partial charge >= 0.3 is 5.69 Å². The van der Waals surface area contributed by atoms with E-state index in [0.717, 1.165) is 6.26 Å². The summed E-state index contributed by atoms with van der Waals surface area (Å²) in [7, 11) is -3.37. The second kappa shape index (κ2) is 6.02. The van der Waals surface area contributed by atoms with Crippen LogP contribution >= 0.6 is 0 Å². The maximum Gasteiger partial charge on any atom is 0.305 e. The van der Waals surface area contributed by atoms with Crippen LogP contribution in [0.5, 0.6) is 0 Å². The van der Waals surface area contributed by atoms with E-state index in [-0.39, 0.29) is 23.7 Å². The van der Waals surface area contributed by atoms with Crippen LogP contribution in [0.15, 0.2) is 12.1 Å². The Morgan fingerprint density at radius 3 is 2.57 bits per heavy atom. The minimum atomic E-state index is -3.37. The standard InChI is InChI=1S/C11H15N5O4S/c1-11(2,15-21(3,19)20)7-13-10-5-4-9(16(17)18)8(6-12)14-10/h4-5,15H,7H2,1-3H3,(H,13,14). The van der Waals surface area contributed by atoms with Crippen LogP contribution in [0.2, 0.25) is 0 Å². The lowest BCUT2D eigenvalue weighted by Gasteiger charge is -2.25. The molecule has 0 bridgehead atoms. The normalized spacial score (nSPS) is 11.7. The van der Waals surface area contributed by atoms with E-state index in [1.54, 1.807) is 19.9 Å². The lowest BCUT2D eigenvalue weighted by Crippen LogP contribution is -2.47. The molecule has 1 aromatic rings. The molecule has 9 nitrogen and oxygen atoms in total. The van der Waals surface area contributed by atoms with E-state index >= 15 is 0 Å². The monoisotopic (exact) mass is 313 g/mol. The van der Waals surface area contributed by atoms with E-state index in [2.05, 4.69) is 15.0 Å². The third-order valence-corrected chi connectivity index (χ3v) is 3.27. The lowest BCUT2D eigenvalue weighted by molar-refractivity contribution is -0.385. The highest BCUT2D eigenvalue weighted by molar-refractivity contribution is 7.88. The fourth-order valence-corrected chi connectivity index (χ4v) is 2.71. The number of hydrogen-bond acceptors (Lipinski definition) is 7. The molecule has 0 aromatic carbocycles. The maximum atomic E-state index is 11.2. The third kappa shape index (κ3) is 5.33. The van der Waals surface area contributed by atoms with Crippen molar-refractivity contribution in [2.75, 3.05) is 18.1 Å². The van der Waals surface area contributed by atoms with Crippen LogP contribution in [0, 0.1) is 21.4 Å². The second-order valence-electron chi connectivity index (χ2n) is 5.04. The number of sulfonamides is 1. The molecule has 1 heterocycles. The molecule has 0 aliphatic heterocycles. The largest absolute Gasteiger partial charge is 0.368 e. The van der Waals surface area contributed by atoms with E-state index in [9.17, 15) is 18.5 Å². The van der Waals surface area contributed by atoms with Crippen molar-refractivity contribution in [1.29, 1.82) is 5.26 Å². The van der Waals surface area contributed by atoms with E-state index < -0.39 is 20.5 Å². The van der Waals surface area contributed by atoms with Gasteiger partial charge in [0, 0.05) is 18.2 Å². The average molecular weight is 313 g/mol. The Morgan fingerprint density at radius 1 is 1.48 bits per heavy atom. The first-order valence-corrected chi connectivity index (χ1v) is 7.71. The predicted molar refractivity (Wildman–Crippen MR) is 76.2 cm³/mol. The van der Waals surface area contributed by atoms with Gasteiger partial charge in [-0.2, -0.15) is 5.26 Å². The summed E-state index contributed by atoms with van der Waals surface area (Å²) in [6, 6.07) is 4.18. The van der Waals surface area contributed by atoms with Gasteiger partial charge in [-0.1, -0.05) is 0 Å². The molecular formula is C11H15N5O4S. The van der Waals surface area contributed by atoms with Crippen LogP contribution in [0.3, 0.4) is 0 Å². The van der Waals surface area contributed by atoms with Crippen molar-refractivity contribution in [3.63, 3.8) is 0 Å². The summed E-state index contributed by atoms with van der Waals surface area (Å²) < 4.78 is 24.8. The van der Waals surface area contributed by atoms with Crippen molar-refractivity contribution < 1.29 is 13.3 Å². The number of nitriles is 1. The topological polar surface area (TPSA) is 138 Å². The Bertz CT molecular complexity index is 693. The molecule has 0 unspecified atom stereocenters. The molecule has 2 N–H and O–H groups in total. The second-order valence-corrected chi connectivity index (χ2v) is 6.79. The molecule has 10 heteroatoms. The Balaban J connectivity index is 2.86. The average Bonchev–Trinajstić information content (AvgIpc) is 2.33. The smallest absolute Gasteiger partial charge is 0.305 e. The van der Waals surface area contributed by atoms with E-state index in [1.807, 2.05) is 0 Å². The highest BCUT2D eigenvalue weighted by Crippen LogP contribution is 2.18. The number of nitrogens with zero attached hydrogens (tertiary/aromatic N) is 3. The molecule has 0 spiro atoms. The zero-order chi connectivity index (χ0) is 16.3. The molecule has 1 aromatic heterocycles. The van der Waals surface area contributed by atoms with Crippen molar-refractivity contribution >= 4 is 21.5 Å². The first-order chi connectivity index (χ1) is 9.54. The number of anilines is 1. The molecule has 0 saturated heterocycles. The van der Waals surface area contributed by atoms with Crippen LogP contribution in [0.1, 0.15) is 19.5 Å². The van der Waals surface area contributed by atoms with E-state index in [4.69, 9.17) is 5.26 Å². The summed E-state index contributed by atoms with van der Waals surface area (Å²) in [5, 5.41) is 22.4. The summed E-state index contributed by atoms with van der Waals surface area (Å²) >= 11 is 0. The Kier molecular flexibility index (Phi) is 4.82. The van der Waals surface area contributed by atoms with Crippen LogP contribution < -0.4 is 10.0 Å². The summed E-state index contributed by atoms with van der Waals surface area (Å²) in [5.74, 6) is 0.250. The van der Waals surface area contributed by atoms with E-state index in [0.29, 0.717) is 0 Å². The molecule has 1 rings (SSSR count). The molecule has 0 aliphatic rings. The number of hydrogen-bond donors (Lipinski definition) is 2. The SMILES string of the molecule is CC(C)(CNc1ccc([N+](=O)[O-])c(C#N)n1)NS(C)(=O)=O. The third-order valence-electron chi connectivity index (χ3n) is 2.35. The summed E-state index contributed by atoms with van der Waals surface area (Å²) in [4.78, 5) is 13.8. The van der Waals surface area contributed by atoms with Gasteiger partial charge in [-0.05, 0) is 19.9 Å². The van der Waals surface area contributed by atoms with Crippen LogP contribution in [-0.4, -0.2) is 36.7 Å². The fraction of sp³-hybridized carbons (Fsp3) is 0.455. The van der Waals surface area contributed by atoms with Gasteiger partial charge in [-0.15, -0.1) is 0 Å². The van der Waals surface area contributed by atoms with Crippen LogP contribution in [0.25, 0.3) is 0 Å². The quantitative estimate of drug-likeness (QED) is 0.579. The van der Waals surface area contributed by atoms with Gasteiger partial charge in [-0.3, -0.25) is 10.1 Å². The fourth-order valence-electron chi connectivity index (χ4n) is 1.63. The minimum absolute atomic E-state index is 0.190. The van der Waals surface area contributed by atoms with Gasteiger partial charge in [-0.25, -0.2) is 18.1 Å². The van der Waals surface area contributed by atoms with Crippen molar-refractivity contribution in [1.82, 2.24) is 9.71 Å². The molecule has 0 radical (unpaired) electrons. The predicted octanol–water partition coefficient (Wildman–Crippen LogP) is 0.601. The molecule has 0 amide bonds. The number of nitro groups is 1. The molecule has 21 heavy (non-hydrogen) atoms. The van der Waals surface area contributed by atoms with Gasteiger partial charge < -0.3 is 5.32 Å². The van der Waals surface area contributed by atoms with Gasteiger partial charge in [0.1, 0.15) is 11.9 Å². The van der Waals surface area contributed by atoms with Crippen molar-refractivity contribution in [3.05, 3.63) is 27.9 Å². The van der Waals surface area contributed by atoms with Gasteiger partial charge in [0.05, 0.1) is 11.2 Å². The lowest BCUT2D eigenvalue weighted by atomic mass is 10.1. The summed E-state index contributed by atoms with van der Waals surface area (Å²) in [6.45, 7) is 3.52. The maximum absolute atomic E-state index is 11.2. The number of pyridine rings is 1. The molecular weight excluding hydrogens is 298 g/mol. The Labute approximate surface area is 122 Å². The van der Waals surface area contributed by atoms with Gasteiger partial charge in [0.25, 0.3) is 0 Å². The first-order valence-electron chi connectivity index (χ1n) is 5.82. The van der Waals surface area contributed by atoms with Crippen molar-refractivity contribution in [2.45, 2.75) is 19.4 Å². The summed E-state index contributed by atoms with van der Waals surface area (Å²) in [6.07, 6.45) is 1.05. The number of nitrogens with one attached hydrogen (secondary N) is 2. The highest BCUT2D eigenvalue weighted by atomic mass is 32.2. The van der Waals surface area contributed by atoms with Crippen molar-refractivity contribution in [2.24, 2.45) is 0 Å². The first kappa shape index (κ1) is 16.8. The van der Waals surface area contributed by atoms with Gasteiger partial charge in [0.15, 0.2) is 0 Å². The van der Waals surface area contributed by atoms with Crippen LogP contribution in [-0.2, 0) is 10.0 Å². The minimum Gasteiger partial charge on any atom is -0.368 e. The Hall–Kier alpha value is -2.25. The van der Waals surface area contributed by atoms with E-state index in [1.165, 1.54) is 12.1 Å². The molecule has 0 atom stereocenters. The molecule has 0 aliphatic carbocycles. The van der Waals surface area contributed by atoms with Crippen molar-refractivity contribution in [3.8, 4) is 6.07 Å². The van der Waals surface area contributed by atoms with Crippen LogP contribution in [0.4, 0.5) is 11.5 Å². The molecule has 114 valence electrons. The number of aromatic nitrogens is 1. The Morgan fingerprint density at radius 2 is 2.10 bits per heavy atom.